The van der Waals surface area contributed by atoms with Gasteiger partial charge in [-0.2, -0.15) is 0 Å². The van der Waals surface area contributed by atoms with E-state index in [1.54, 1.807) is 6.08 Å². The SMILES string of the molecule is C[C@H](OC(=O)C1=Cc2ccccc2OC1)C(=O)NC(=O)NC12CC3CC(CC(C3)C1)C2. The number of rotatable bonds is 4. The highest BCUT2D eigenvalue weighted by molar-refractivity contribution is 6.00. The number of esters is 1. The molecule has 1 aliphatic heterocycles. The number of amides is 3. The number of nitrogens with one attached hydrogen (secondary N) is 2. The Hall–Kier alpha value is -2.83. The van der Waals surface area contributed by atoms with Crippen LogP contribution in [-0.2, 0) is 14.3 Å². The van der Waals surface area contributed by atoms with Gasteiger partial charge in [0, 0.05) is 11.1 Å². The predicted octanol–water partition coefficient (Wildman–Crippen LogP) is 3.19. The molecule has 4 bridgehead atoms. The van der Waals surface area contributed by atoms with Gasteiger partial charge in [-0.3, -0.25) is 10.1 Å². The lowest BCUT2D eigenvalue weighted by Gasteiger charge is -2.56. The molecule has 4 fully saturated rings. The monoisotopic (exact) mass is 424 g/mol. The average Bonchev–Trinajstić information content (AvgIpc) is 2.71. The second-order valence-corrected chi connectivity index (χ2v) is 9.68. The van der Waals surface area contributed by atoms with E-state index in [-0.39, 0.29) is 12.1 Å². The summed E-state index contributed by atoms with van der Waals surface area (Å²) in [7, 11) is 0. The highest BCUT2D eigenvalue weighted by Gasteiger charge is 2.51. The van der Waals surface area contributed by atoms with E-state index in [4.69, 9.17) is 9.47 Å². The first-order chi connectivity index (χ1) is 14.9. The van der Waals surface area contributed by atoms with Crippen molar-refractivity contribution >= 4 is 24.0 Å². The molecule has 5 aliphatic rings. The van der Waals surface area contributed by atoms with Crippen LogP contribution < -0.4 is 15.4 Å². The van der Waals surface area contributed by atoms with E-state index in [1.807, 2.05) is 24.3 Å². The molecule has 7 heteroatoms. The summed E-state index contributed by atoms with van der Waals surface area (Å²) in [5.74, 6) is 1.52. The highest BCUT2D eigenvalue weighted by Crippen LogP contribution is 2.55. The Kier molecular flexibility index (Phi) is 4.99. The third kappa shape index (κ3) is 4.05. The fraction of sp³-hybridized carbons (Fsp3) is 0.542. The van der Waals surface area contributed by atoms with Crippen molar-refractivity contribution in [3.05, 3.63) is 35.4 Å². The predicted molar refractivity (Wildman–Crippen MR) is 113 cm³/mol. The maximum atomic E-state index is 12.6. The van der Waals surface area contributed by atoms with E-state index in [0.717, 1.165) is 24.8 Å². The van der Waals surface area contributed by atoms with E-state index in [0.29, 0.717) is 29.1 Å². The fourth-order valence-corrected chi connectivity index (χ4v) is 6.27. The van der Waals surface area contributed by atoms with Gasteiger partial charge in [-0.15, -0.1) is 0 Å². The summed E-state index contributed by atoms with van der Waals surface area (Å²) in [6, 6.07) is 6.88. The Morgan fingerprint density at radius 2 is 1.71 bits per heavy atom. The molecule has 2 N–H and O–H groups in total. The molecule has 0 unspecified atom stereocenters. The second-order valence-electron chi connectivity index (χ2n) is 9.68. The third-order valence-electron chi connectivity index (χ3n) is 7.20. The molecule has 7 nitrogen and oxygen atoms in total. The van der Waals surface area contributed by atoms with E-state index in [9.17, 15) is 14.4 Å². The molecule has 1 atom stereocenters. The second kappa shape index (κ2) is 7.70. The van der Waals surface area contributed by atoms with Gasteiger partial charge in [0.2, 0.25) is 0 Å². The molecular weight excluding hydrogens is 396 g/mol. The summed E-state index contributed by atoms with van der Waals surface area (Å²) < 4.78 is 10.8. The first-order valence-corrected chi connectivity index (χ1v) is 11.2. The van der Waals surface area contributed by atoms with Crippen LogP contribution in [0.2, 0.25) is 0 Å². The van der Waals surface area contributed by atoms with Gasteiger partial charge in [-0.05, 0) is 75.3 Å². The normalized spacial score (nSPS) is 31.0. The van der Waals surface area contributed by atoms with Gasteiger partial charge in [0.05, 0.1) is 5.57 Å². The van der Waals surface area contributed by atoms with Crippen molar-refractivity contribution in [3.8, 4) is 5.75 Å². The van der Waals surface area contributed by atoms with Gasteiger partial charge in [-0.1, -0.05) is 18.2 Å². The third-order valence-corrected chi connectivity index (χ3v) is 7.20. The molecule has 0 spiro atoms. The molecule has 1 aromatic rings. The van der Waals surface area contributed by atoms with E-state index in [2.05, 4.69) is 10.6 Å². The molecular formula is C24H28N2O5. The lowest BCUT2D eigenvalue weighted by molar-refractivity contribution is -0.151. The van der Waals surface area contributed by atoms with Crippen molar-refractivity contribution in [3.63, 3.8) is 0 Å². The van der Waals surface area contributed by atoms with Gasteiger partial charge in [-0.25, -0.2) is 9.59 Å². The topological polar surface area (TPSA) is 93.7 Å². The number of fused-ring (bicyclic) bond motifs is 1. The number of imide groups is 1. The quantitative estimate of drug-likeness (QED) is 0.724. The van der Waals surface area contributed by atoms with Gasteiger partial charge in [0.25, 0.3) is 5.91 Å². The van der Waals surface area contributed by atoms with Crippen molar-refractivity contribution < 1.29 is 23.9 Å². The molecule has 4 saturated carbocycles. The Morgan fingerprint density at radius 3 is 2.39 bits per heavy atom. The van der Waals surface area contributed by atoms with Crippen molar-refractivity contribution in [2.75, 3.05) is 6.61 Å². The summed E-state index contributed by atoms with van der Waals surface area (Å²) >= 11 is 0. The number of carbonyl (C=O) groups is 3. The zero-order valence-electron chi connectivity index (χ0n) is 17.7. The summed E-state index contributed by atoms with van der Waals surface area (Å²) in [5, 5.41) is 5.46. The number of para-hydroxylation sites is 1. The van der Waals surface area contributed by atoms with Crippen LogP contribution in [0, 0.1) is 17.8 Å². The van der Waals surface area contributed by atoms with Crippen LogP contribution in [0.15, 0.2) is 29.8 Å². The van der Waals surface area contributed by atoms with Gasteiger partial charge < -0.3 is 14.8 Å². The molecule has 0 radical (unpaired) electrons. The average molecular weight is 424 g/mol. The first-order valence-electron chi connectivity index (χ1n) is 11.2. The van der Waals surface area contributed by atoms with Crippen LogP contribution in [0.1, 0.15) is 51.0 Å². The summed E-state index contributed by atoms with van der Waals surface area (Å²) in [6.45, 7) is 1.54. The molecule has 0 saturated heterocycles. The lowest BCUT2D eigenvalue weighted by Crippen LogP contribution is -2.62. The minimum absolute atomic E-state index is 0.0801. The van der Waals surface area contributed by atoms with Gasteiger partial charge in [0.15, 0.2) is 6.10 Å². The highest BCUT2D eigenvalue weighted by atomic mass is 16.6. The Balaban J connectivity index is 1.15. The number of hydrogen-bond acceptors (Lipinski definition) is 5. The summed E-state index contributed by atoms with van der Waals surface area (Å²) in [4.78, 5) is 37.5. The molecule has 4 aliphatic carbocycles. The van der Waals surface area contributed by atoms with Crippen molar-refractivity contribution in [2.45, 2.75) is 57.1 Å². The van der Waals surface area contributed by atoms with Crippen LogP contribution in [0.3, 0.4) is 0 Å². The van der Waals surface area contributed by atoms with Crippen LogP contribution in [0.4, 0.5) is 4.79 Å². The fourth-order valence-electron chi connectivity index (χ4n) is 6.27. The number of urea groups is 1. The smallest absolute Gasteiger partial charge is 0.338 e. The van der Waals surface area contributed by atoms with Crippen LogP contribution in [0.5, 0.6) is 5.75 Å². The number of carbonyl (C=O) groups excluding carboxylic acids is 3. The maximum Gasteiger partial charge on any atom is 0.338 e. The van der Waals surface area contributed by atoms with Crippen molar-refractivity contribution in [1.82, 2.24) is 10.6 Å². The van der Waals surface area contributed by atoms with Crippen LogP contribution in [0.25, 0.3) is 6.08 Å². The molecule has 1 aromatic carbocycles. The number of benzene rings is 1. The first kappa shape index (κ1) is 20.1. The standard InChI is InChI=1S/C24H28N2O5/c1-14(31-22(28)19-9-18-4-2-3-5-20(18)30-13-19)21(27)25-23(29)26-24-10-15-6-16(11-24)8-17(7-15)12-24/h2-5,9,14-17H,6-8,10-13H2,1H3,(H2,25,26,27,29)/t14-,15?,16?,17?,24?/m0/s1. The molecule has 3 amide bonds. The molecule has 0 aromatic heterocycles. The van der Waals surface area contributed by atoms with Crippen LogP contribution in [-0.4, -0.2) is 36.2 Å². The Bertz CT molecular complexity index is 918. The van der Waals surface area contributed by atoms with Crippen LogP contribution >= 0.6 is 0 Å². The minimum atomic E-state index is -1.09. The van der Waals surface area contributed by atoms with Gasteiger partial charge >= 0.3 is 12.0 Å². The zero-order chi connectivity index (χ0) is 21.6. The zero-order valence-corrected chi connectivity index (χ0v) is 17.7. The summed E-state index contributed by atoms with van der Waals surface area (Å²) in [6.07, 6.45) is 7.44. The molecule has 1 heterocycles. The van der Waals surface area contributed by atoms with Gasteiger partial charge in [0.1, 0.15) is 12.4 Å². The van der Waals surface area contributed by atoms with Crippen molar-refractivity contribution in [1.29, 1.82) is 0 Å². The molecule has 6 rings (SSSR count). The summed E-state index contributed by atoms with van der Waals surface area (Å²) in [5.41, 5.74) is 0.931. The Morgan fingerprint density at radius 1 is 1.06 bits per heavy atom. The van der Waals surface area contributed by atoms with E-state index in [1.165, 1.54) is 26.2 Å². The molecule has 31 heavy (non-hydrogen) atoms. The van der Waals surface area contributed by atoms with E-state index >= 15 is 0 Å². The van der Waals surface area contributed by atoms with Crippen molar-refractivity contribution in [2.24, 2.45) is 17.8 Å². The number of hydrogen-bond donors (Lipinski definition) is 2. The minimum Gasteiger partial charge on any atom is -0.488 e. The lowest BCUT2D eigenvalue weighted by atomic mass is 9.53. The Labute approximate surface area is 181 Å². The van der Waals surface area contributed by atoms with E-state index < -0.39 is 24.0 Å². The maximum absolute atomic E-state index is 12.6. The largest absolute Gasteiger partial charge is 0.488 e. The molecule has 164 valence electrons. The number of ether oxygens (including phenoxy) is 2.